The van der Waals surface area contributed by atoms with Crippen LogP contribution < -0.4 is 10.2 Å². The standard InChI is InChI=1S/C23H30ClN3O/c1-15-13-23(2,3)27(4)21-12-20(24)16(11-19(15)21)10-17(14-25)22(28)26-18-8-6-5-7-9-18/h10-12,15,18H,5-9,13H2,1-4H3,(H,26,28)/b17-10-. The summed E-state index contributed by atoms with van der Waals surface area (Å²) in [6, 6.07) is 6.24. The number of benzene rings is 1. The van der Waals surface area contributed by atoms with Crippen molar-refractivity contribution < 1.29 is 4.79 Å². The van der Waals surface area contributed by atoms with Crippen LogP contribution in [0.5, 0.6) is 0 Å². The molecule has 0 radical (unpaired) electrons. The number of fused-ring (bicyclic) bond motifs is 1. The minimum absolute atomic E-state index is 0.0603. The number of halogens is 1. The van der Waals surface area contributed by atoms with Crippen molar-refractivity contribution in [3.05, 3.63) is 33.9 Å². The zero-order valence-corrected chi connectivity index (χ0v) is 18.1. The van der Waals surface area contributed by atoms with E-state index in [2.05, 4.69) is 44.1 Å². The number of amides is 1. The summed E-state index contributed by atoms with van der Waals surface area (Å²) in [6.07, 6.45) is 8.14. The van der Waals surface area contributed by atoms with E-state index in [0.717, 1.165) is 43.4 Å². The maximum atomic E-state index is 12.6. The summed E-state index contributed by atoms with van der Waals surface area (Å²) >= 11 is 6.55. The van der Waals surface area contributed by atoms with Gasteiger partial charge in [-0.1, -0.05) is 37.8 Å². The van der Waals surface area contributed by atoms with Crippen LogP contribution in [0.3, 0.4) is 0 Å². The minimum atomic E-state index is -0.297. The highest BCUT2D eigenvalue weighted by Crippen LogP contribution is 2.44. The molecule has 1 atom stereocenters. The van der Waals surface area contributed by atoms with Gasteiger partial charge in [-0.2, -0.15) is 5.26 Å². The average molecular weight is 400 g/mol. The molecule has 5 heteroatoms. The topological polar surface area (TPSA) is 56.1 Å². The van der Waals surface area contributed by atoms with Gasteiger partial charge in [0.15, 0.2) is 0 Å². The number of hydrogen-bond donors (Lipinski definition) is 1. The molecule has 1 fully saturated rings. The van der Waals surface area contributed by atoms with Gasteiger partial charge in [-0.15, -0.1) is 0 Å². The van der Waals surface area contributed by atoms with E-state index in [-0.39, 0.29) is 23.1 Å². The van der Waals surface area contributed by atoms with E-state index in [4.69, 9.17) is 11.6 Å². The lowest BCUT2D eigenvalue weighted by Gasteiger charge is -2.45. The van der Waals surface area contributed by atoms with Crippen molar-refractivity contribution in [3.8, 4) is 6.07 Å². The second-order valence-electron chi connectivity index (χ2n) is 8.89. The molecule has 1 aromatic carbocycles. The number of rotatable bonds is 3. The predicted molar refractivity (Wildman–Crippen MR) is 116 cm³/mol. The molecular formula is C23H30ClN3O. The first-order valence-electron chi connectivity index (χ1n) is 10.2. The lowest BCUT2D eigenvalue weighted by atomic mass is 9.80. The molecule has 1 aliphatic carbocycles. The molecule has 1 aliphatic heterocycles. The molecule has 0 bridgehead atoms. The zero-order valence-electron chi connectivity index (χ0n) is 17.3. The molecule has 1 amide bonds. The fraction of sp³-hybridized carbons (Fsp3) is 0.565. The first kappa shape index (κ1) is 20.7. The third-order valence-corrected chi connectivity index (χ3v) is 6.68. The highest BCUT2D eigenvalue weighted by Gasteiger charge is 2.34. The summed E-state index contributed by atoms with van der Waals surface area (Å²) in [7, 11) is 2.09. The summed E-state index contributed by atoms with van der Waals surface area (Å²) < 4.78 is 0. The van der Waals surface area contributed by atoms with E-state index >= 15 is 0 Å². The molecule has 150 valence electrons. The number of hydrogen-bond acceptors (Lipinski definition) is 3. The fourth-order valence-corrected chi connectivity index (χ4v) is 4.74. The highest BCUT2D eigenvalue weighted by atomic mass is 35.5. The molecule has 1 saturated carbocycles. The molecule has 28 heavy (non-hydrogen) atoms. The summed E-state index contributed by atoms with van der Waals surface area (Å²) in [5.41, 5.74) is 3.24. The molecule has 1 N–H and O–H groups in total. The van der Waals surface area contributed by atoms with Gasteiger partial charge in [0.05, 0.1) is 0 Å². The average Bonchev–Trinajstić information content (AvgIpc) is 2.65. The predicted octanol–water partition coefficient (Wildman–Crippen LogP) is 5.42. The van der Waals surface area contributed by atoms with Crippen LogP contribution in [-0.2, 0) is 4.79 Å². The van der Waals surface area contributed by atoms with Gasteiger partial charge in [0.25, 0.3) is 5.91 Å². The second-order valence-corrected chi connectivity index (χ2v) is 9.29. The van der Waals surface area contributed by atoms with E-state index in [0.29, 0.717) is 10.9 Å². The van der Waals surface area contributed by atoms with Crippen molar-refractivity contribution in [2.24, 2.45) is 0 Å². The second kappa shape index (κ2) is 8.17. The lowest BCUT2D eigenvalue weighted by molar-refractivity contribution is -0.117. The van der Waals surface area contributed by atoms with Gasteiger partial charge in [-0.25, -0.2) is 0 Å². The maximum Gasteiger partial charge on any atom is 0.262 e. The van der Waals surface area contributed by atoms with Crippen LogP contribution in [0.1, 0.15) is 76.3 Å². The fourth-order valence-electron chi connectivity index (χ4n) is 4.53. The quantitative estimate of drug-likeness (QED) is 0.545. The van der Waals surface area contributed by atoms with E-state index in [1.165, 1.54) is 12.0 Å². The van der Waals surface area contributed by atoms with Gasteiger partial charge < -0.3 is 10.2 Å². The monoisotopic (exact) mass is 399 g/mol. The molecule has 1 aromatic rings. The molecular weight excluding hydrogens is 370 g/mol. The normalized spacial score (nSPS) is 22.4. The van der Waals surface area contributed by atoms with Crippen molar-refractivity contribution >= 4 is 29.3 Å². The molecule has 0 saturated heterocycles. The van der Waals surface area contributed by atoms with Crippen LogP contribution >= 0.6 is 11.6 Å². The largest absolute Gasteiger partial charge is 0.369 e. The van der Waals surface area contributed by atoms with Gasteiger partial charge in [-0.05, 0) is 68.4 Å². The van der Waals surface area contributed by atoms with Gasteiger partial charge >= 0.3 is 0 Å². The first-order valence-corrected chi connectivity index (χ1v) is 10.6. The Morgan fingerprint density at radius 1 is 1.32 bits per heavy atom. The van der Waals surface area contributed by atoms with E-state index < -0.39 is 0 Å². The Balaban J connectivity index is 1.89. The number of carbonyl (C=O) groups excluding carboxylic acids is 1. The van der Waals surface area contributed by atoms with Crippen molar-refractivity contribution in [2.45, 2.75) is 76.8 Å². The van der Waals surface area contributed by atoms with Crippen molar-refractivity contribution in [2.75, 3.05) is 11.9 Å². The van der Waals surface area contributed by atoms with E-state index in [1.54, 1.807) is 6.08 Å². The Morgan fingerprint density at radius 3 is 2.64 bits per heavy atom. The Labute approximate surface area is 173 Å². The van der Waals surface area contributed by atoms with Crippen molar-refractivity contribution in [1.82, 2.24) is 5.32 Å². The Kier molecular flexibility index (Phi) is 6.05. The third kappa shape index (κ3) is 4.20. The van der Waals surface area contributed by atoms with Crippen LogP contribution in [0.4, 0.5) is 5.69 Å². The summed E-state index contributed by atoms with van der Waals surface area (Å²) in [5, 5.41) is 13.1. The number of nitrogens with one attached hydrogen (secondary N) is 1. The Bertz CT molecular complexity index is 831. The Hall–Kier alpha value is -1.99. The molecule has 0 aromatic heterocycles. The SMILES string of the molecule is CC1CC(C)(C)N(C)c2cc(Cl)c(/C=C(/C#N)C(=O)NC3CCCCC3)cc21. The smallest absolute Gasteiger partial charge is 0.262 e. The minimum Gasteiger partial charge on any atom is -0.369 e. The number of nitrogens with zero attached hydrogens (tertiary/aromatic N) is 2. The molecule has 0 spiro atoms. The molecule has 4 nitrogen and oxygen atoms in total. The van der Waals surface area contributed by atoms with Crippen LogP contribution in [0.25, 0.3) is 6.08 Å². The number of carbonyl (C=O) groups is 1. The van der Waals surface area contributed by atoms with Gasteiger partial charge in [-0.3, -0.25) is 4.79 Å². The molecule has 1 unspecified atom stereocenters. The molecule has 2 aliphatic rings. The zero-order chi connectivity index (χ0) is 20.5. The number of nitriles is 1. The Morgan fingerprint density at radius 2 is 2.00 bits per heavy atom. The third-order valence-electron chi connectivity index (χ3n) is 6.36. The lowest BCUT2D eigenvalue weighted by Crippen LogP contribution is -2.45. The number of anilines is 1. The van der Waals surface area contributed by atoms with E-state index in [9.17, 15) is 10.1 Å². The molecule has 1 heterocycles. The van der Waals surface area contributed by atoms with Gasteiger partial charge in [0, 0.05) is 29.3 Å². The first-order chi connectivity index (χ1) is 13.2. The van der Waals surface area contributed by atoms with Crippen LogP contribution in [0.15, 0.2) is 17.7 Å². The van der Waals surface area contributed by atoms with E-state index in [1.807, 2.05) is 12.1 Å². The van der Waals surface area contributed by atoms with Crippen LogP contribution in [-0.4, -0.2) is 24.5 Å². The van der Waals surface area contributed by atoms with Gasteiger partial charge in [0.2, 0.25) is 0 Å². The van der Waals surface area contributed by atoms with Crippen LogP contribution in [0, 0.1) is 11.3 Å². The summed E-state index contributed by atoms with van der Waals surface area (Å²) in [6.45, 7) is 6.69. The van der Waals surface area contributed by atoms with Crippen LogP contribution in [0.2, 0.25) is 5.02 Å². The highest BCUT2D eigenvalue weighted by molar-refractivity contribution is 6.32. The van der Waals surface area contributed by atoms with Crippen molar-refractivity contribution in [3.63, 3.8) is 0 Å². The van der Waals surface area contributed by atoms with Gasteiger partial charge in [0.1, 0.15) is 11.6 Å². The molecule has 3 rings (SSSR count). The maximum absolute atomic E-state index is 12.6. The summed E-state index contributed by atoms with van der Waals surface area (Å²) in [4.78, 5) is 14.9. The summed E-state index contributed by atoms with van der Waals surface area (Å²) in [5.74, 6) is 0.0849. The van der Waals surface area contributed by atoms with Crippen molar-refractivity contribution in [1.29, 1.82) is 5.26 Å².